The van der Waals surface area contributed by atoms with Crippen molar-refractivity contribution < 1.29 is 22.8 Å². The first-order valence-electron chi connectivity index (χ1n) is 17.0. The standard InChI is InChI=1S/C40H54N4O5S/c1-27(2)33(25-28(3)36(45)43-50(48,49)26-29-17-13-11-14-18-29)44(10)38(47)35(39(4,5)6)42-37(46)34(41-9)40(7,8)32-23-21-31(22-24-32)30-19-15-12-16-20-30/h11-25,27-28,34-35,41H,26H2,1-10H3,(H,42,46)(H,43,45)/b33-25+/t28?,34-,35-/m1/s1. The van der Waals surface area contributed by atoms with E-state index in [2.05, 4.69) is 27.5 Å². The fourth-order valence-electron chi connectivity index (χ4n) is 6.00. The Morgan fingerprint density at radius 3 is 1.78 bits per heavy atom. The molecular weight excluding hydrogens is 649 g/mol. The Bertz CT molecular complexity index is 1750. The molecule has 1 unspecified atom stereocenters. The van der Waals surface area contributed by atoms with Crippen LogP contribution in [0, 0.1) is 17.3 Å². The number of benzene rings is 3. The zero-order chi connectivity index (χ0) is 37.4. The van der Waals surface area contributed by atoms with Crippen LogP contribution in [0.1, 0.15) is 66.5 Å². The molecule has 0 heterocycles. The number of carbonyl (C=O) groups is 3. The van der Waals surface area contributed by atoms with Crippen molar-refractivity contribution in [3.63, 3.8) is 0 Å². The van der Waals surface area contributed by atoms with Gasteiger partial charge in [-0.05, 0) is 47.6 Å². The predicted octanol–water partition coefficient (Wildman–Crippen LogP) is 6.03. The molecule has 0 radical (unpaired) electrons. The molecule has 3 N–H and O–H groups in total. The molecule has 0 aromatic heterocycles. The molecule has 0 spiro atoms. The SMILES string of the molecule is CN[C@H](C(=O)N[C@H](C(=O)N(C)/C(=C/C(C)C(=O)NS(=O)(=O)Cc1ccccc1)C(C)C)C(C)(C)C)C(C)(C)c1ccc(-c2ccccc2)cc1. The summed E-state index contributed by atoms with van der Waals surface area (Å²) in [6, 6.07) is 25.3. The van der Waals surface area contributed by atoms with Crippen molar-refractivity contribution in [2.75, 3.05) is 14.1 Å². The Labute approximate surface area is 299 Å². The smallest absolute Gasteiger partial charge is 0.249 e. The molecule has 3 rings (SSSR count). The van der Waals surface area contributed by atoms with Crippen molar-refractivity contribution in [2.45, 2.75) is 78.6 Å². The summed E-state index contributed by atoms with van der Waals surface area (Å²) in [5, 5.41) is 6.23. The number of carbonyl (C=O) groups excluding carboxylic acids is 3. The van der Waals surface area contributed by atoms with Crippen LogP contribution in [0.5, 0.6) is 0 Å². The van der Waals surface area contributed by atoms with Gasteiger partial charge in [0.05, 0.1) is 17.7 Å². The molecule has 10 heteroatoms. The van der Waals surface area contributed by atoms with Crippen LogP contribution in [0.15, 0.2) is 96.7 Å². The second kappa shape index (κ2) is 16.6. The highest BCUT2D eigenvalue weighted by Crippen LogP contribution is 2.31. The zero-order valence-corrected chi connectivity index (χ0v) is 31.9. The fourth-order valence-corrected chi connectivity index (χ4v) is 7.20. The normalized spacial score (nSPS) is 14.4. The highest BCUT2D eigenvalue weighted by Gasteiger charge is 2.41. The molecule has 3 amide bonds. The third-order valence-electron chi connectivity index (χ3n) is 9.01. The molecule has 0 saturated heterocycles. The highest BCUT2D eigenvalue weighted by atomic mass is 32.2. The van der Waals surface area contributed by atoms with Gasteiger partial charge < -0.3 is 15.5 Å². The van der Waals surface area contributed by atoms with Gasteiger partial charge in [-0.1, -0.05) is 139 Å². The maximum absolute atomic E-state index is 14.2. The van der Waals surface area contributed by atoms with Gasteiger partial charge in [-0.3, -0.25) is 19.1 Å². The number of nitrogens with one attached hydrogen (secondary N) is 3. The Morgan fingerprint density at radius 1 is 0.760 bits per heavy atom. The summed E-state index contributed by atoms with van der Waals surface area (Å²) in [5.74, 6) is -2.76. The van der Waals surface area contributed by atoms with Crippen LogP contribution in [0.2, 0.25) is 0 Å². The number of nitrogens with zero attached hydrogens (tertiary/aromatic N) is 1. The largest absolute Gasteiger partial charge is 0.342 e. The molecule has 3 aromatic rings. The van der Waals surface area contributed by atoms with E-state index in [4.69, 9.17) is 0 Å². The summed E-state index contributed by atoms with van der Waals surface area (Å²) in [7, 11) is -0.591. The second-order valence-corrected chi connectivity index (χ2v) is 16.6. The highest BCUT2D eigenvalue weighted by molar-refractivity contribution is 7.89. The van der Waals surface area contributed by atoms with E-state index in [9.17, 15) is 22.8 Å². The van der Waals surface area contributed by atoms with Gasteiger partial charge in [0, 0.05) is 18.2 Å². The average molecular weight is 703 g/mol. The summed E-state index contributed by atoms with van der Waals surface area (Å²) in [6.07, 6.45) is 1.61. The summed E-state index contributed by atoms with van der Waals surface area (Å²) < 4.78 is 27.6. The van der Waals surface area contributed by atoms with E-state index in [1.807, 2.05) is 90.9 Å². The number of allylic oxidation sites excluding steroid dienone is 1. The minimum absolute atomic E-state index is 0.195. The molecule has 50 heavy (non-hydrogen) atoms. The monoisotopic (exact) mass is 702 g/mol. The number of hydrogen-bond donors (Lipinski definition) is 3. The summed E-state index contributed by atoms with van der Waals surface area (Å²) in [6.45, 7) is 15.0. The van der Waals surface area contributed by atoms with Crippen LogP contribution >= 0.6 is 0 Å². The zero-order valence-electron chi connectivity index (χ0n) is 31.1. The second-order valence-electron chi connectivity index (χ2n) is 14.8. The molecular formula is C40H54N4O5S. The van der Waals surface area contributed by atoms with Crippen LogP contribution in [0.25, 0.3) is 11.1 Å². The lowest BCUT2D eigenvalue weighted by Crippen LogP contribution is -2.60. The third kappa shape index (κ3) is 10.4. The first-order chi connectivity index (χ1) is 23.3. The molecule has 0 saturated carbocycles. The maximum Gasteiger partial charge on any atom is 0.249 e. The topological polar surface area (TPSA) is 125 Å². The quantitative estimate of drug-likeness (QED) is 0.189. The van der Waals surface area contributed by atoms with E-state index in [-0.39, 0.29) is 23.5 Å². The van der Waals surface area contributed by atoms with Gasteiger partial charge in [-0.25, -0.2) is 8.42 Å². The molecule has 0 aliphatic heterocycles. The molecule has 0 aliphatic carbocycles. The van der Waals surface area contributed by atoms with Crippen molar-refractivity contribution in [2.24, 2.45) is 17.3 Å². The minimum atomic E-state index is -3.94. The number of likely N-dealkylation sites (N-methyl/N-ethyl adjacent to an activating group) is 2. The minimum Gasteiger partial charge on any atom is -0.342 e. The van der Waals surface area contributed by atoms with E-state index in [0.29, 0.717) is 11.3 Å². The third-order valence-corrected chi connectivity index (χ3v) is 10.2. The molecule has 270 valence electrons. The molecule has 0 fully saturated rings. The van der Waals surface area contributed by atoms with Crippen molar-refractivity contribution >= 4 is 27.7 Å². The van der Waals surface area contributed by atoms with Crippen molar-refractivity contribution in [3.8, 4) is 11.1 Å². The van der Waals surface area contributed by atoms with E-state index in [1.165, 1.54) is 4.90 Å². The Hall–Kier alpha value is -4.28. The van der Waals surface area contributed by atoms with Gasteiger partial charge in [-0.15, -0.1) is 0 Å². The van der Waals surface area contributed by atoms with Gasteiger partial charge in [-0.2, -0.15) is 0 Å². The first-order valence-corrected chi connectivity index (χ1v) is 18.6. The van der Waals surface area contributed by atoms with E-state index in [0.717, 1.165) is 16.7 Å². The van der Waals surface area contributed by atoms with Crippen molar-refractivity contribution in [1.82, 2.24) is 20.3 Å². The van der Waals surface area contributed by atoms with Crippen LogP contribution in [0.4, 0.5) is 0 Å². The van der Waals surface area contributed by atoms with Crippen LogP contribution in [0.3, 0.4) is 0 Å². The Morgan fingerprint density at radius 2 is 1.28 bits per heavy atom. The lowest BCUT2D eigenvalue weighted by Gasteiger charge is -2.39. The lowest BCUT2D eigenvalue weighted by molar-refractivity contribution is -0.138. The van der Waals surface area contributed by atoms with Gasteiger partial charge in [0.2, 0.25) is 27.7 Å². The molecule has 3 aromatic carbocycles. The summed E-state index contributed by atoms with van der Waals surface area (Å²) in [4.78, 5) is 42.8. The predicted molar refractivity (Wildman–Crippen MR) is 201 cm³/mol. The fraction of sp³-hybridized carbons (Fsp3) is 0.425. The number of sulfonamides is 1. The van der Waals surface area contributed by atoms with Crippen LogP contribution in [-0.2, 0) is 35.6 Å². The van der Waals surface area contributed by atoms with Crippen LogP contribution in [-0.4, -0.2) is 57.2 Å². The molecule has 9 nitrogen and oxygen atoms in total. The molecule has 3 atom stereocenters. The van der Waals surface area contributed by atoms with E-state index >= 15 is 0 Å². The van der Waals surface area contributed by atoms with Crippen molar-refractivity contribution in [3.05, 3.63) is 108 Å². The maximum atomic E-state index is 14.2. The van der Waals surface area contributed by atoms with Gasteiger partial charge in [0.1, 0.15) is 6.04 Å². The average Bonchev–Trinajstić information content (AvgIpc) is 3.05. The molecule has 0 aliphatic rings. The van der Waals surface area contributed by atoms with Gasteiger partial charge >= 0.3 is 0 Å². The lowest BCUT2D eigenvalue weighted by atomic mass is 9.76. The van der Waals surface area contributed by atoms with E-state index in [1.54, 1.807) is 57.4 Å². The number of rotatable bonds is 14. The number of amides is 3. The van der Waals surface area contributed by atoms with Crippen LogP contribution < -0.4 is 15.4 Å². The summed E-state index contributed by atoms with van der Waals surface area (Å²) >= 11 is 0. The van der Waals surface area contributed by atoms with Crippen molar-refractivity contribution in [1.29, 1.82) is 0 Å². The summed E-state index contributed by atoms with van der Waals surface area (Å²) in [5.41, 5.74) is 2.93. The first kappa shape index (κ1) is 40.2. The number of hydrogen-bond acceptors (Lipinski definition) is 6. The van der Waals surface area contributed by atoms with Gasteiger partial charge in [0.15, 0.2) is 0 Å². The Kier molecular flexibility index (Phi) is 13.3. The molecule has 0 bridgehead atoms. The Balaban J connectivity index is 1.81. The van der Waals surface area contributed by atoms with Gasteiger partial charge in [0.25, 0.3) is 0 Å². The van der Waals surface area contributed by atoms with E-state index < -0.39 is 44.8 Å².